The molecular formula is C20H31N3O3S2. The van der Waals surface area contributed by atoms with E-state index in [0.29, 0.717) is 12.1 Å². The largest absolute Gasteiger partial charge is 0.332 e. The fourth-order valence-corrected chi connectivity index (χ4v) is 5.05. The maximum atomic E-state index is 12.9. The van der Waals surface area contributed by atoms with Crippen LogP contribution in [0.25, 0.3) is 0 Å². The fraction of sp³-hybridized carbons (Fsp3) is 0.600. The molecule has 0 bridgehead atoms. The number of rotatable bonds is 8. The number of carbonyl (C=O) groups excluding carboxylic acids is 1. The normalized spacial score (nSPS) is 15.4. The van der Waals surface area contributed by atoms with Gasteiger partial charge in [-0.3, -0.25) is 4.79 Å². The third-order valence-electron chi connectivity index (χ3n) is 5.14. The number of hydrogen-bond acceptors (Lipinski definition) is 4. The lowest BCUT2D eigenvalue weighted by atomic mass is 9.96. The van der Waals surface area contributed by atoms with Crippen molar-refractivity contribution in [2.24, 2.45) is 0 Å². The van der Waals surface area contributed by atoms with Crippen molar-refractivity contribution in [3.63, 3.8) is 0 Å². The number of hydrogen-bond donors (Lipinski definition) is 2. The summed E-state index contributed by atoms with van der Waals surface area (Å²) in [5.41, 5.74) is 0.637. The number of amides is 1. The number of sulfonamides is 1. The fourth-order valence-electron chi connectivity index (χ4n) is 3.40. The first-order chi connectivity index (χ1) is 13.3. The monoisotopic (exact) mass is 425 g/mol. The van der Waals surface area contributed by atoms with Gasteiger partial charge >= 0.3 is 0 Å². The molecule has 28 heavy (non-hydrogen) atoms. The molecule has 0 aliphatic heterocycles. The lowest BCUT2D eigenvalue weighted by Gasteiger charge is -2.30. The Kier molecular flexibility index (Phi) is 8.85. The van der Waals surface area contributed by atoms with E-state index in [1.54, 1.807) is 31.3 Å². The highest BCUT2D eigenvalue weighted by Gasteiger charge is 2.28. The number of thiocarbonyl (C=S) groups is 1. The summed E-state index contributed by atoms with van der Waals surface area (Å²) in [5.74, 6) is -0.112. The first-order valence-corrected chi connectivity index (χ1v) is 11.9. The summed E-state index contributed by atoms with van der Waals surface area (Å²) in [6.07, 6.45) is 8.53. The van der Waals surface area contributed by atoms with Crippen molar-refractivity contribution in [3.05, 3.63) is 24.3 Å². The maximum absolute atomic E-state index is 12.9. The number of carbonyl (C=O) groups is 1. The molecule has 8 heteroatoms. The molecule has 6 nitrogen and oxygen atoms in total. The highest BCUT2D eigenvalue weighted by atomic mass is 32.2. The van der Waals surface area contributed by atoms with Crippen LogP contribution in [0.2, 0.25) is 0 Å². The van der Waals surface area contributed by atoms with Crippen molar-refractivity contribution in [3.8, 4) is 0 Å². The number of nitrogens with one attached hydrogen (secondary N) is 2. The maximum Gasteiger partial charge on any atom is 0.243 e. The van der Waals surface area contributed by atoms with Crippen LogP contribution in [0.15, 0.2) is 29.2 Å². The molecule has 2 N–H and O–H groups in total. The molecule has 1 fully saturated rings. The first kappa shape index (κ1) is 22.8. The van der Waals surface area contributed by atoms with Gasteiger partial charge in [0.25, 0.3) is 0 Å². The van der Waals surface area contributed by atoms with E-state index in [1.807, 2.05) is 0 Å². The molecule has 1 saturated carbocycles. The Hall–Kier alpha value is -1.51. The number of nitrogens with zero attached hydrogens (tertiary/aromatic N) is 1. The van der Waals surface area contributed by atoms with E-state index >= 15 is 0 Å². The molecule has 0 radical (unpaired) electrons. The van der Waals surface area contributed by atoms with Gasteiger partial charge in [-0.25, -0.2) is 8.42 Å². The van der Waals surface area contributed by atoms with E-state index < -0.39 is 10.0 Å². The summed E-state index contributed by atoms with van der Waals surface area (Å²) in [5, 5.41) is 5.79. The van der Waals surface area contributed by atoms with E-state index in [-0.39, 0.29) is 22.0 Å². The van der Waals surface area contributed by atoms with Crippen LogP contribution in [0.3, 0.4) is 0 Å². The molecule has 0 saturated heterocycles. The van der Waals surface area contributed by atoms with Crippen LogP contribution < -0.4 is 10.6 Å². The SMILES string of the molecule is CCCCCC(=O)NC(=S)Nc1ccc(S(=O)(=O)N(C)C2CCCCC2)cc1. The molecule has 1 aromatic carbocycles. The lowest BCUT2D eigenvalue weighted by Crippen LogP contribution is -2.38. The predicted molar refractivity (Wildman–Crippen MR) is 117 cm³/mol. The van der Waals surface area contributed by atoms with Crippen LogP contribution in [-0.4, -0.2) is 36.8 Å². The Morgan fingerprint density at radius 2 is 1.79 bits per heavy atom. The van der Waals surface area contributed by atoms with Gasteiger partial charge in [0.2, 0.25) is 15.9 Å². The Bertz CT molecular complexity index is 757. The summed E-state index contributed by atoms with van der Waals surface area (Å²) < 4.78 is 27.2. The number of anilines is 1. The zero-order valence-electron chi connectivity index (χ0n) is 16.7. The third kappa shape index (κ3) is 6.53. The van der Waals surface area contributed by atoms with Crippen LogP contribution in [0, 0.1) is 0 Å². The highest BCUT2D eigenvalue weighted by Crippen LogP contribution is 2.26. The van der Waals surface area contributed by atoms with E-state index in [0.717, 1.165) is 44.9 Å². The predicted octanol–water partition coefficient (Wildman–Crippen LogP) is 4.03. The van der Waals surface area contributed by atoms with Crippen molar-refractivity contribution in [2.45, 2.75) is 75.6 Å². The number of benzene rings is 1. The van der Waals surface area contributed by atoms with E-state index in [9.17, 15) is 13.2 Å². The Morgan fingerprint density at radius 3 is 2.39 bits per heavy atom. The molecule has 0 heterocycles. The highest BCUT2D eigenvalue weighted by molar-refractivity contribution is 7.89. The van der Waals surface area contributed by atoms with Crippen LogP contribution >= 0.6 is 12.2 Å². The van der Waals surface area contributed by atoms with Gasteiger partial charge in [0, 0.05) is 25.2 Å². The van der Waals surface area contributed by atoms with Gasteiger partial charge in [-0.15, -0.1) is 0 Å². The number of unbranched alkanes of at least 4 members (excludes halogenated alkanes) is 2. The van der Waals surface area contributed by atoms with Crippen LogP contribution in [0.1, 0.15) is 64.7 Å². The van der Waals surface area contributed by atoms with E-state index in [2.05, 4.69) is 17.6 Å². The molecule has 1 aliphatic rings. The summed E-state index contributed by atoms with van der Waals surface area (Å²) >= 11 is 5.15. The molecular weight excluding hydrogens is 394 g/mol. The lowest BCUT2D eigenvalue weighted by molar-refractivity contribution is -0.119. The second-order valence-electron chi connectivity index (χ2n) is 7.30. The minimum absolute atomic E-state index is 0.0760. The topological polar surface area (TPSA) is 78.5 Å². The average molecular weight is 426 g/mol. The zero-order chi connectivity index (χ0) is 20.6. The molecule has 0 spiro atoms. The van der Waals surface area contributed by atoms with Gasteiger partial charge < -0.3 is 10.6 Å². The molecule has 1 amide bonds. The van der Waals surface area contributed by atoms with Crippen LogP contribution in [0.5, 0.6) is 0 Å². The van der Waals surface area contributed by atoms with Crippen molar-refractivity contribution in [1.82, 2.24) is 9.62 Å². The smallest absolute Gasteiger partial charge is 0.243 e. The van der Waals surface area contributed by atoms with Gasteiger partial charge in [0.05, 0.1) is 4.90 Å². The standard InChI is InChI=1S/C20H31N3O3S2/c1-3-4-6-11-19(24)22-20(27)21-16-12-14-18(15-13-16)28(25,26)23(2)17-9-7-5-8-10-17/h12-15,17H,3-11H2,1-2H3,(H2,21,22,24,27). The molecule has 2 rings (SSSR count). The zero-order valence-corrected chi connectivity index (χ0v) is 18.4. The minimum atomic E-state index is -3.51. The van der Waals surface area contributed by atoms with Crippen LogP contribution in [0.4, 0.5) is 5.69 Å². The quantitative estimate of drug-likeness (QED) is 0.486. The summed E-state index contributed by atoms with van der Waals surface area (Å²) in [6.45, 7) is 2.08. The molecule has 0 atom stereocenters. The van der Waals surface area contributed by atoms with Crippen molar-refractivity contribution in [1.29, 1.82) is 0 Å². The minimum Gasteiger partial charge on any atom is -0.332 e. The van der Waals surface area contributed by atoms with E-state index in [4.69, 9.17) is 12.2 Å². The second-order valence-corrected chi connectivity index (χ2v) is 9.70. The summed E-state index contributed by atoms with van der Waals surface area (Å²) in [6, 6.07) is 6.55. The third-order valence-corrected chi connectivity index (χ3v) is 7.27. The van der Waals surface area contributed by atoms with Gasteiger partial charge in [0.15, 0.2) is 5.11 Å². The van der Waals surface area contributed by atoms with Gasteiger partial charge in [-0.2, -0.15) is 4.31 Å². The molecule has 0 aromatic heterocycles. The Balaban J connectivity index is 1.93. The van der Waals surface area contributed by atoms with E-state index in [1.165, 1.54) is 10.7 Å². The van der Waals surface area contributed by atoms with Crippen molar-refractivity contribution < 1.29 is 13.2 Å². The van der Waals surface area contributed by atoms with Gasteiger partial charge in [-0.1, -0.05) is 39.0 Å². The summed E-state index contributed by atoms with van der Waals surface area (Å²) in [7, 11) is -1.85. The summed E-state index contributed by atoms with van der Waals surface area (Å²) in [4.78, 5) is 12.1. The molecule has 0 unspecified atom stereocenters. The van der Waals surface area contributed by atoms with Gasteiger partial charge in [0.1, 0.15) is 0 Å². The molecule has 1 aliphatic carbocycles. The van der Waals surface area contributed by atoms with Crippen molar-refractivity contribution in [2.75, 3.05) is 12.4 Å². The molecule has 156 valence electrons. The second kappa shape index (κ2) is 10.9. The molecule has 1 aromatic rings. The first-order valence-electron chi connectivity index (χ1n) is 10.0. The Morgan fingerprint density at radius 1 is 1.14 bits per heavy atom. The van der Waals surface area contributed by atoms with Crippen molar-refractivity contribution >= 4 is 38.9 Å². The Labute approximate surface area is 174 Å². The average Bonchev–Trinajstić information content (AvgIpc) is 2.68. The van der Waals surface area contributed by atoms with Crippen LogP contribution in [-0.2, 0) is 14.8 Å². The van der Waals surface area contributed by atoms with Gasteiger partial charge in [-0.05, 0) is 55.7 Å².